The van der Waals surface area contributed by atoms with E-state index in [1.807, 2.05) is 0 Å². The second kappa shape index (κ2) is 13.6. The molecular weight excluding hydrogens is 414 g/mol. The highest BCUT2D eigenvalue weighted by molar-refractivity contribution is 9.10. The Morgan fingerprint density at radius 1 is 1.07 bits per heavy atom. The fraction of sp³-hybridized carbons (Fsp3) is 0.750. The molecule has 1 aromatic rings. The molecule has 1 N–H and O–H groups in total. The molecule has 0 saturated carbocycles. The fourth-order valence-electron chi connectivity index (χ4n) is 4.15. The van der Waals surface area contributed by atoms with Gasteiger partial charge in [-0.25, -0.2) is 0 Å². The minimum atomic E-state index is -0.180. The predicted octanol–water partition coefficient (Wildman–Crippen LogP) is 6.21. The number of aliphatic hydroxyl groups is 1. The molecule has 0 spiro atoms. The van der Waals surface area contributed by atoms with Gasteiger partial charge in [0, 0.05) is 19.0 Å². The van der Waals surface area contributed by atoms with E-state index in [1.165, 1.54) is 50.5 Å². The molecule has 2 unspecified atom stereocenters. The average molecular weight is 454 g/mol. The van der Waals surface area contributed by atoms with Crippen LogP contribution < -0.4 is 4.74 Å². The van der Waals surface area contributed by atoms with Crippen molar-refractivity contribution < 1.29 is 9.84 Å². The third-order valence-corrected chi connectivity index (χ3v) is 6.44. The van der Waals surface area contributed by atoms with Gasteiger partial charge in [-0.1, -0.05) is 58.4 Å². The number of benzene rings is 1. The van der Waals surface area contributed by atoms with E-state index in [1.54, 1.807) is 0 Å². The molecule has 1 aliphatic heterocycles. The van der Waals surface area contributed by atoms with Crippen molar-refractivity contribution in [2.24, 2.45) is 5.92 Å². The van der Waals surface area contributed by atoms with Gasteiger partial charge in [0.05, 0.1) is 17.2 Å². The van der Waals surface area contributed by atoms with Gasteiger partial charge >= 0.3 is 0 Å². The first-order chi connectivity index (χ1) is 13.6. The minimum absolute atomic E-state index is 0.180. The van der Waals surface area contributed by atoms with Crippen LogP contribution in [0.25, 0.3) is 0 Å². The lowest BCUT2D eigenvalue weighted by molar-refractivity contribution is 0.0270. The first-order valence-corrected chi connectivity index (χ1v) is 12.2. The summed E-state index contributed by atoms with van der Waals surface area (Å²) in [5.74, 6) is 1.26. The van der Waals surface area contributed by atoms with Crippen molar-refractivity contribution >= 4 is 15.9 Å². The third-order valence-electron chi connectivity index (χ3n) is 5.82. The predicted molar refractivity (Wildman–Crippen MR) is 122 cm³/mol. The van der Waals surface area contributed by atoms with E-state index in [2.05, 4.69) is 52.9 Å². The Bertz CT molecular complexity index is 551. The van der Waals surface area contributed by atoms with Gasteiger partial charge in [0.15, 0.2) is 0 Å². The smallest absolute Gasteiger partial charge is 0.133 e. The monoisotopic (exact) mass is 453 g/mol. The molecule has 160 valence electrons. The summed E-state index contributed by atoms with van der Waals surface area (Å²) >= 11 is 3.68. The van der Waals surface area contributed by atoms with Gasteiger partial charge in [-0.15, -0.1) is 0 Å². The van der Waals surface area contributed by atoms with E-state index in [9.17, 15) is 5.11 Å². The first-order valence-electron chi connectivity index (χ1n) is 11.5. The minimum Gasteiger partial charge on any atom is -0.492 e. The zero-order valence-corrected chi connectivity index (χ0v) is 19.6. The van der Waals surface area contributed by atoms with Gasteiger partial charge in [-0.2, -0.15) is 0 Å². The zero-order valence-electron chi connectivity index (χ0n) is 18.0. The normalized spacial score (nSPS) is 20.4. The van der Waals surface area contributed by atoms with Gasteiger partial charge in [0.25, 0.3) is 0 Å². The van der Waals surface area contributed by atoms with E-state index in [-0.39, 0.29) is 6.10 Å². The molecule has 0 aromatic heterocycles. The van der Waals surface area contributed by atoms with E-state index in [4.69, 9.17) is 4.74 Å². The van der Waals surface area contributed by atoms with E-state index in [0.29, 0.717) is 5.92 Å². The summed E-state index contributed by atoms with van der Waals surface area (Å²) in [6.45, 7) is 8.44. The summed E-state index contributed by atoms with van der Waals surface area (Å²) in [7, 11) is 0. The quantitative estimate of drug-likeness (QED) is 0.360. The van der Waals surface area contributed by atoms with Crippen LogP contribution in [-0.2, 0) is 6.42 Å². The molecule has 2 atom stereocenters. The molecule has 1 fully saturated rings. The second-order valence-electron chi connectivity index (χ2n) is 8.36. The molecule has 1 aliphatic rings. The Kier molecular flexibility index (Phi) is 11.5. The highest BCUT2D eigenvalue weighted by Crippen LogP contribution is 2.29. The van der Waals surface area contributed by atoms with Gasteiger partial charge < -0.3 is 14.7 Å². The number of hydrogen-bond acceptors (Lipinski definition) is 3. The van der Waals surface area contributed by atoms with Crippen LogP contribution in [0.4, 0.5) is 0 Å². The summed E-state index contributed by atoms with van der Waals surface area (Å²) in [5, 5.41) is 10.4. The molecule has 0 aliphatic carbocycles. The number of ether oxygens (including phenoxy) is 1. The van der Waals surface area contributed by atoms with Crippen LogP contribution in [0.2, 0.25) is 0 Å². The van der Waals surface area contributed by atoms with Crippen molar-refractivity contribution in [2.75, 3.05) is 26.2 Å². The average Bonchev–Trinajstić information content (AvgIpc) is 2.68. The van der Waals surface area contributed by atoms with Crippen LogP contribution in [-0.4, -0.2) is 42.4 Å². The van der Waals surface area contributed by atoms with Gasteiger partial charge in [0.2, 0.25) is 0 Å². The number of aliphatic hydroxyl groups excluding tert-OH is 1. The molecule has 1 aromatic carbocycles. The maximum atomic E-state index is 10.4. The van der Waals surface area contributed by atoms with E-state index >= 15 is 0 Å². The highest BCUT2D eigenvalue weighted by atomic mass is 79.9. The van der Waals surface area contributed by atoms with Gasteiger partial charge in [-0.05, 0) is 65.9 Å². The molecule has 28 heavy (non-hydrogen) atoms. The van der Waals surface area contributed by atoms with Crippen LogP contribution >= 0.6 is 15.9 Å². The number of rotatable bonds is 13. The summed E-state index contributed by atoms with van der Waals surface area (Å²) in [5.41, 5.74) is 1.28. The maximum Gasteiger partial charge on any atom is 0.133 e. The van der Waals surface area contributed by atoms with Crippen molar-refractivity contribution in [1.82, 2.24) is 4.90 Å². The fourth-order valence-corrected chi connectivity index (χ4v) is 4.69. The second-order valence-corrected chi connectivity index (χ2v) is 9.21. The van der Waals surface area contributed by atoms with Crippen LogP contribution in [0, 0.1) is 5.92 Å². The molecule has 1 saturated heterocycles. The Morgan fingerprint density at radius 2 is 1.82 bits per heavy atom. The summed E-state index contributed by atoms with van der Waals surface area (Å²) in [6.07, 6.45) is 11.9. The Labute approximate surface area is 181 Å². The summed E-state index contributed by atoms with van der Waals surface area (Å²) < 4.78 is 7.01. The zero-order chi connectivity index (χ0) is 20.2. The molecule has 0 bridgehead atoms. The largest absolute Gasteiger partial charge is 0.492 e. The first kappa shape index (κ1) is 23.7. The van der Waals surface area contributed by atoms with Crippen LogP contribution in [0.5, 0.6) is 5.75 Å². The molecule has 4 heteroatoms. The van der Waals surface area contributed by atoms with Crippen molar-refractivity contribution in [1.29, 1.82) is 0 Å². The number of piperidine rings is 1. The molecule has 0 radical (unpaired) electrons. The molecule has 3 nitrogen and oxygen atoms in total. The molecule has 2 rings (SSSR count). The van der Waals surface area contributed by atoms with Crippen molar-refractivity contribution in [2.45, 2.75) is 84.2 Å². The lowest BCUT2D eigenvalue weighted by Gasteiger charge is -2.36. The number of nitrogens with zero attached hydrogens (tertiary/aromatic N) is 1. The van der Waals surface area contributed by atoms with Crippen LogP contribution in [0.15, 0.2) is 22.7 Å². The SMILES string of the molecule is CCCCCCCCCOc1ccc(CC2CN(CCC)CCC2O)cc1Br. The highest BCUT2D eigenvalue weighted by Gasteiger charge is 2.27. The van der Waals surface area contributed by atoms with Crippen LogP contribution in [0.3, 0.4) is 0 Å². The van der Waals surface area contributed by atoms with E-state index < -0.39 is 0 Å². The van der Waals surface area contributed by atoms with Gasteiger partial charge in [-0.3, -0.25) is 0 Å². The standard InChI is InChI=1S/C24H40BrNO2/c1-3-5-6-7-8-9-10-16-28-24-12-11-20(18-22(24)25)17-21-19-26(14-4-2)15-13-23(21)27/h11-12,18,21,23,27H,3-10,13-17,19H2,1-2H3. The maximum absolute atomic E-state index is 10.4. The number of likely N-dealkylation sites (tertiary alicyclic amines) is 1. The molecule has 1 heterocycles. The number of hydrogen-bond donors (Lipinski definition) is 1. The summed E-state index contributed by atoms with van der Waals surface area (Å²) in [6, 6.07) is 6.42. The summed E-state index contributed by atoms with van der Waals surface area (Å²) in [4.78, 5) is 2.49. The van der Waals surface area contributed by atoms with Crippen LogP contribution in [0.1, 0.15) is 77.2 Å². The molecular formula is C24H40BrNO2. The molecule has 0 amide bonds. The Hall–Kier alpha value is -0.580. The lowest BCUT2D eigenvalue weighted by Crippen LogP contribution is -2.44. The topological polar surface area (TPSA) is 32.7 Å². The number of halogens is 1. The van der Waals surface area contributed by atoms with Crippen molar-refractivity contribution in [3.8, 4) is 5.75 Å². The lowest BCUT2D eigenvalue weighted by atomic mass is 9.88. The Balaban J connectivity index is 1.73. The number of unbranched alkanes of at least 4 members (excludes halogenated alkanes) is 6. The van der Waals surface area contributed by atoms with Crippen molar-refractivity contribution in [3.05, 3.63) is 28.2 Å². The third kappa shape index (κ3) is 8.42. The van der Waals surface area contributed by atoms with Gasteiger partial charge in [0.1, 0.15) is 5.75 Å². The Morgan fingerprint density at radius 3 is 2.54 bits per heavy atom. The van der Waals surface area contributed by atoms with E-state index in [0.717, 1.165) is 55.7 Å². The van der Waals surface area contributed by atoms with Crippen molar-refractivity contribution in [3.63, 3.8) is 0 Å².